The van der Waals surface area contributed by atoms with Crippen LogP contribution in [0.1, 0.15) is 31.7 Å². The molecule has 0 saturated heterocycles. The molecule has 1 rings (SSSR count). The van der Waals surface area contributed by atoms with E-state index in [2.05, 4.69) is 28.0 Å². The third-order valence-electron chi connectivity index (χ3n) is 2.34. The zero-order valence-corrected chi connectivity index (χ0v) is 11.4. The number of hydrogen-bond acceptors (Lipinski definition) is 3. The second-order valence-corrected chi connectivity index (χ2v) is 4.54. The van der Waals surface area contributed by atoms with E-state index in [-0.39, 0.29) is 5.84 Å². The number of ether oxygens (including phenoxy) is 1. The predicted octanol–water partition coefficient (Wildman–Crippen LogP) is 3.11. The lowest BCUT2D eigenvalue weighted by Gasteiger charge is -2.08. The van der Waals surface area contributed by atoms with Crippen molar-refractivity contribution in [2.75, 3.05) is 6.61 Å². The molecule has 0 aliphatic rings. The summed E-state index contributed by atoms with van der Waals surface area (Å²) in [7, 11) is 0. The van der Waals surface area contributed by atoms with Gasteiger partial charge in [0, 0.05) is 10.0 Å². The van der Waals surface area contributed by atoms with E-state index in [1.54, 1.807) is 6.07 Å². The number of benzene rings is 1. The Morgan fingerprint density at radius 2 is 2.24 bits per heavy atom. The second-order valence-electron chi connectivity index (χ2n) is 3.68. The van der Waals surface area contributed by atoms with E-state index in [1.807, 2.05) is 12.1 Å². The maximum atomic E-state index is 8.59. The quantitative estimate of drug-likeness (QED) is 0.279. The first-order chi connectivity index (χ1) is 8.19. The normalized spacial score (nSPS) is 11.5. The Balaban J connectivity index is 2.63. The van der Waals surface area contributed by atoms with Gasteiger partial charge in [0.15, 0.2) is 5.84 Å². The highest BCUT2D eigenvalue weighted by atomic mass is 79.9. The van der Waals surface area contributed by atoms with Crippen LogP contribution in [0.3, 0.4) is 0 Å². The molecular formula is C12H17BrN2O2. The molecule has 0 heterocycles. The van der Waals surface area contributed by atoms with Crippen molar-refractivity contribution in [2.45, 2.75) is 26.2 Å². The van der Waals surface area contributed by atoms with Crippen molar-refractivity contribution in [1.29, 1.82) is 0 Å². The SMILES string of the molecule is CCCCCOc1ccc(/C(N)=N/O)c(Br)c1. The molecule has 0 aromatic heterocycles. The molecular weight excluding hydrogens is 284 g/mol. The highest BCUT2D eigenvalue weighted by molar-refractivity contribution is 9.10. The van der Waals surface area contributed by atoms with Crippen molar-refractivity contribution in [3.05, 3.63) is 28.2 Å². The molecule has 0 unspecified atom stereocenters. The van der Waals surface area contributed by atoms with E-state index in [9.17, 15) is 0 Å². The average molecular weight is 301 g/mol. The second kappa shape index (κ2) is 7.17. The molecule has 94 valence electrons. The molecule has 0 amide bonds. The lowest BCUT2D eigenvalue weighted by atomic mass is 10.2. The van der Waals surface area contributed by atoms with Crippen LogP contribution in [0.15, 0.2) is 27.8 Å². The van der Waals surface area contributed by atoms with Crippen molar-refractivity contribution in [3.8, 4) is 5.75 Å². The molecule has 5 heteroatoms. The zero-order chi connectivity index (χ0) is 12.7. The molecule has 0 fully saturated rings. The maximum absolute atomic E-state index is 8.59. The van der Waals surface area contributed by atoms with E-state index in [4.69, 9.17) is 15.7 Å². The van der Waals surface area contributed by atoms with Gasteiger partial charge in [-0.2, -0.15) is 0 Å². The van der Waals surface area contributed by atoms with Crippen LogP contribution < -0.4 is 10.5 Å². The summed E-state index contributed by atoms with van der Waals surface area (Å²) in [6, 6.07) is 5.39. The molecule has 17 heavy (non-hydrogen) atoms. The Labute approximate surface area is 110 Å². The summed E-state index contributed by atoms with van der Waals surface area (Å²) >= 11 is 3.36. The van der Waals surface area contributed by atoms with Crippen molar-refractivity contribution in [1.82, 2.24) is 0 Å². The van der Waals surface area contributed by atoms with Crippen molar-refractivity contribution in [2.24, 2.45) is 10.9 Å². The van der Waals surface area contributed by atoms with Gasteiger partial charge >= 0.3 is 0 Å². The lowest BCUT2D eigenvalue weighted by Crippen LogP contribution is -2.13. The number of amidine groups is 1. The van der Waals surface area contributed by atoms with Gasteiger partial charge in [0.25, 0.3) is 0 Å². The van der Waals surface area contributed by atoms with E-state index in [0.29, 0.717) is 12.2 Å². The smallest absolute Gasteiger partial charge is 0.171 e. The molecule has 0 atom stereocenters. The van der Waals surface area contributed by atoms with Gasteiger partial charge in [-0.05, 0) is 40.5 Å². The van der Waals surface area contributed by atoms with Gasteiger partial charge in [0.2, 0.25) is 0 Å². The van der Waals surface area contributed by atoms with Gasteiger partial charge in [-0.1, -0.05) is 24.9 Å². The van der Waals surface area contributed by atoms with Crippen LogP contribution in [0.4, 0.5) is 0 Å². The van der Waals surface area contributed by atoms with Gasteiger partial charge in [0.05, 0.1) is 6.61 Å². The minimum atomic E-state index is 0.0782. The first-order valence-electron chi connectivity index (χ1n) is 5.59. The maximum Gasteiger partial charge on any atom is 0.171 e. The molecule has 0 aliphatic heterocycles. The summed E-state index contributed by atoms with van der Waals surface area (Å²) in [5.74, 6) is 0.858. The van der Waals surface area contributed by atoms with E-state index >= 15 is 0 Å². The molecule has 1 aromatic rings. The fraction of sp³-hybridized carbons (Fsp3) is 0.417. The van der Waals surface area contributed by atoms with Crippen LogP contribution >= 0.6 is 15.9 Å². The minimum Gasteiger partial charge on any atom is -0.494 e. The van der Waals surface area contributed by atoms with Crippen LogP contribution in [-0.4, -0.2) is 17.6 Å². The number of unbranched alkanes of at least 4 members (excludes halogenated alkanes) is 2. The molecule has 0 saturated carbocycles. The summed E-state index contributed by atoms with van der Waals surface area (Å²) in [5, 5.41) is 11.6. The van der Waals surface area contributed by atoms with Crippen LogP contribution in [0.5, 0.6) is 5.75 Å². The van der Waals surface area contributed by atoms with Crippen molar-refractivity contribution < 1.29 is 9.94 Å². The van der Waals surface area contributed by atoms with Gasteiger partial charge in [-0.15, -0.1) is 0 Å². The van der Waals surface area contributed by atoms with E-state index in [1.165, 1.54) is 12.8 Å². The first kappa shape index (κ1) is 13.8. The van der Waals surface area contributed by atoms with Crippen LogP contribution in [0.2, 0.25) is 0 Å². The van der Waals surface area contributed by atoms with Crippen molar-refractivity contribution in [3.63, 3.8) is 0 Å². The Morgan fingerprint density at radius 3 is 2.82 bits per heavy atom. The predicted molar refractivity (Wildman–Crippen MR) is 71.7 cm³/mol. The van der Waals surface area contributed by atoms with Crippen molar-refractivity contribution >= 4 is 21.8 Å². The summed E-state index contributed by atoms with van der Waals surface area (Å²) in [4.78, 5) is 0. The Kier molecular flexibility index (Phi) is 5.83. The largest absolute Gasteiger partial charge is 0.494 e. The summed E-state index contributed by atoms with van der Waals surface area (Å²) in [6.45, 7) is 2.87. The number of nitrogens with zero attached hydrogens (tertiary/aromatic N) is 1. The molecule has 0 bridgehead atoms. The number of halogens is 1. The molecule has 0 spiro atoms. The third kappa shape index (κ3) is 4.26. The lowest BCUT2D eigenvalue weighted by molar-refractivity contribution is 0.306. The number of hydrogen-bond donors (Lipinski definition) is 2. The molecule has 4 nitrogen and oxygen atoms in total. The standard InChI is InChI=1S/C12H17BrN2O2/c1-2-3-4-7-17-9-5-6-10(11(13)8-9)12(14)15-16/h5-6,8,16H,2-4,7H2,1H3,(H2,14,15). The fourth-order valence-electron chi connectivity index (χ4n) is 1.39. The van der Waals surface area contributed by atoms with Crippen LogP contribution in [-0.2, 0) is 0 Å². The monoisotopic (exact) mass is 300 g/mol. The molecule has 0 radical (unpaired) electrons. The van der Waals surface area contributed by atoms with Gasteiger partial charge in [-0.3, -0.25) is 0 Å². The Hall–Kier alpha value is -1.23. The van der Waals surface area contributed by atoms with Crippen LogP contribution in [0, 0.1) is 0 Å². The summed E-state index contributed by atoms with van der Waals surface area (Å²) < 4.78 is 6.33. The summed E-state index contributed by atoms with van der Waals surface area (Å²) in [5.41, 5.74) is 6.16. The molecule has 1 aromatic carbocycles. The molecule has 0 aliphatic carbocycles. The molecule has 3 N–H and O–H groups in total. The Bertz CT molecular complexity index is 394. The topological polar surface area (TPSA) is 67.8 Å². The first-order valence-corrected chi connectivity index (χ1v) is 6.38. The third-order valence-corrected chi connectivity index (χ3v) is 3.00. The zero-order valence-electron chi connectivity index (χ0n) is 9.82. The van der Waals surface area contributed by atoms with Gasteiger partial charge in [-0.25, -0.2) is 0 Å². The highest BCUT2D eigenvalue weighted by Gasteiger charge is 2.06. The number of rotatable bonds is 6. The summed E-state index contributed by atoms with van der Waals surface area (Å²) in [6.07, 6.45) is 3.40. The highest BCUT2D eigenvalue weighted by Crippen LogP contribution is 2.23. The fourth-order valence-corrected chi connectivity index (χ4v) is 1.95. The van der Waals surface area contributed by atoms with Gasteiger partial charge < -0.3 is 15.7 Å². The number of nitrogens with two attached hydrogens (primary N) is 1. The average Bonchev–Trinajstić information content (AvgIpc) is 2.34. The van der Waals surface area contributed by atoms with E-state index in [0.717, 1.165) is 16.6 Å². The van der Waals surface area contributed by atoms with Gasteiger partial charge in [0.1, 0.15) is 5.75 Å². The van der Waals surface area contributed by atoms with Crippen LogP contribution in [0.25, 0.3) is 0 Å². The Morgan fingerprint density at radius 1 is 1.47 bits per heavy atom. The number of oxime groups is 1. The minimum absolute atomic E-state index is 0.0782. The van der Waals surface area contributed by atoms with E-state index < -0.39 is 0 Å².